The molecule has 0 radical (unpaired) electrons. The summed E-state index contributed by atoms with van der Waals surface area (Å²) in [5.41, 5.74) is 2.97. The Balaban J connectivity index is 2.31. The van der Waals surface area contributed by atoms with Crippen molar-refractivity contribution in [2.75, 3.05) is 0 Å². The van der Waals surface area contributed by atoms with Gasteiger partial charge in [0.2, 0.25) is 0 Å². The molecule has 19 heavy (non-hydrogen) atoms. The maximum Gasteiger partial charge on any atom is 0.272 e. The molecule has 3 nitrogen and oxygen atoms in total. The zero-order valence-electron chi connectivity index (χ0n) is 10.7. The van der Waals surface area contributed by atoms with Gasteiger partial charge in [-0.3, -0.25) is 4.79 Å². The van der Waals surface area contributed by atoms with Crippen LogP contribution in [0, 0.1) is 0 Å². The Morgan fingerprint density at radius 3 is 2.63 bits per heavy atom. The maximum atomic E-state index is 11.8. The fraction of sp³-hybridized carbons (Fsp3) is 0.125. The number of hydrogen-bond donors (Lipinski definition) is 1. The van der Waals surface area contributed by atoms with E-state index in [0.29, 0.717) is 5.39 Å². The Hall–Kier alpha value is -2.42. The van der Waals surface area contributed by atoms with E-state index < -0.39 is 0 Å². The molecule has 1 heterocycles. The topological polar surface area (TPSA) is 45.8 Å². The number of nitrogens with zero attached hydrogens (tertiary/aromatic N) is 1. The summed E-state index contributed by atoms with van der Waals surface area (Å²) >= 11 is 0. The monoisotopic (exact) mass is 250 g/mol. The van der Waals surface area contributed by atoms with Crippen molar-refractivity contribution < 1.29 is 0 Å². The van der Waals surface area contributed by atoms with E-state index in [1.54, 1.807) is 0 Å². The molecule has 0 aliphatic rings. The minimum atomic E-state index is -0.147. The molecule has 3 heteroatoms. The first-order chi connectivity index (χ1) is 9.29. The Morgan fingerprint density at radius 1 is 1.05 bits per heavy atom. The third-order valence-electron chi connectivity index (χ3n) is 3.30. The van der Waals surface area contributed by atoms with Crippen molar-refractivity contribution in [3.8, 4) is 11.3 Å². The van der Waals surface area contributed by atoms with Crippen LogP contribution in [0.25, 0.3) is 22.0 Å². The van der Waals surface area contributed by atoms with Crippen LogP contribution in [0.15, 0.2) is 53.3 Å². The summed E-state index contributed by atoms with van der Waals surface area (Å²) < 4.78 is 0. The lowest BCUT2D eigenvalue weighted by Crippen LogP contribution is -2.09. The predicted octanol–water partition coefficient (Wildman–Crippen LogP) is 3.15. The Labute approximate surface area is 110 Å². The highest BCUT2D eigenvalue weighted by Crippen LogP contribution is 2.24. The molecule has 3 aromatic rings. The highest BCUT2D eigenvalue weighted by atomic mass is 16.1. The molecule has 0 amide bonds. The van der Waals surface area contributed by atoms with Crippen molar-refractivity contribution in [3.05, 3.63) is 64.4 Å². The van der Waals surface area contributed by atoms with E-state index in [9.17, 15) is 4.79 Å². The van der Waals surface area contributed by atoms with Crippen molar-refractivity contribution in [2.24, 2.45) is 0 Å². The summed E-state index contributed by atoms with van der Waals surface area (Å²) in [6.07, 6.45) is 0.981. The average molecular weight is 250 g/mol. The minimum absolute atomic E-state index is 0.147. The SMILES string of the molecule is CCc1cccc(-c2n[nH]c(=O)c3ccccc23)c1. The molecule has 0 bridgehead atoms. The molecule has 94 valence electrons. The number of aromatic nitrogens is 2. The molecular formula is C16H14N2O. The number of aromatic amines is 1. The maximum absolute atomic E-state index is 11.8. The standard InChI is InChI=1S/C16H14N2O/c1-2-11-6-5-7-12(10-11)15-13-8-3-4-9-14(13)16(19)18-17-15/h3-10H,2H2,1H3,(H,18,19). The Bertz CT molecular complexity index is 790. The normalized spacial score (nSPS) is 10.8. The molecule has 3 rings (SSSR count). The summed E-state index contributed by atoms with van der Waals surface area (Å²) in [5.74, 6) is 0. The van der Waals surface area contributed by atoms with Crippen LogP contribution in [-0.2, 0) is 6.42 Å². The lowest BCUT2D eigenvalue weighted by Gasteiger charge is -2.06. The molecule has 2 aromatic carbocycles. The fourth-order valence-corrected chi connectivity index (χ4v) is 2.27. The van der Waals surface area contributed by atoms with Crippen LogP contribution in [0.1, 0.15) is 12.5 Å². The summed E-state index contributed by atoms with van der Waals surface area (Å²) in [5, 5.41) is 8.35. The van der Waals surface area contributed by atoms with Gasteiger partial charge in [-0.05, 0) is 24.1 Å². The summed E-state index contributed by atoms with van der Waals surface area (Å²) in [6, 6.07) is 15.8. The van der Waals surface area contributed by atoms with Crippen LogP contribution >= 0.6 is 0 Å². The number of benzene rings is 2. The quantitative estimate of drug-likeness (QED) is 0.759. The van der Waals surface area contributed by atoms with Gasteiger partial charge in [0.05, 0.1) is 11.1 Å². The van der Waals surface area contributed by atoms with E-state index in [0.717, 1.165) is 23.1 Å². The van der Waals surface area contributed by atoms with Gasteiger partial charge in [0.1, 0.15) is 0 Å². The van der Waals surface area contributed by atoms with E-state index in [2.05, 4.69) is 29.3 Å². The lowest BCUT2D eigenvalue weighted by molar-refractivity contribution is 1.02. The van der Waals surface area contributed by atoms with Crippen LogP contribution in [0.5, 0.6) is 0 Å². The van der Waals surface area contributed by atoms with Gasteiger partial charge in [0.25, 0.3) is 5.56 Å². The van der Waals surface area contributed by atoms with Gasteiger partial charge in [0.15, 0.2) is 0 Å². The molecule has 0 atom stereocenters. The Morgan fingerprint density at radius 2 is 1.84 bits per heavy atom. The fourth-order valence-electron chi connectivity index (χ4n) is 2.27. The van der Waals surface area contributed by atoms with Crippen LogP contribution in [0.3, 0.4) is 0 Å². The van der Waals surface area contributed by atoms with E-state index in [4.69, 9.17) is 0 Å². The van der Waals surface area contributed by atoms with Crippen molar-refractivity contribution >= 4 is 10.8 Å². The predicted molar refractivity (Wildman–Crippen MR) is 77.2 cm³/mol. The number of aryl methyl sites for hydroxylation is 1. The summed E-state index contributed by atoms with van der Waals surface area (Å²) in [4.78, 5) is 11.8. The lowest BCUT2D eigenvalue weighted by atomic mass is 10.0. The molecule has 0 aliphatic heterocycles. The zero-order valence-corrected chi connectivity index (χ0v) is 10.7. The first-order valence-corrected chi connectivity index (χ1v) is 6.36. The van der Waals surface area contributed by atoms with Gasteiger partial charge >= 0.3 is 0 Å². The first kappa shape index (κ1) is 11.7. The van der Waals surface area contributed by atoms with Gasteiger partial charge in [-0.1, -0.05) is 43.3 Å². The first-order valence-electron chi connectivity index (χ1n) is 6.36. The summed E-state index contributed by atoms with van der Waals surface area (Å²) in [6.45, 7) is 2.12. The van der Waals surface area contributed by atoms with Crippen molar-refractivity contribution in [1.82, 2.24) is 10.2 Å². The number of nitrogens with one attached hydrogen (secondary N) is 1. The zero-order chi connectivity index (χ0) is 13.2. The Kier molecular flexibility index (Phi) is 2.88. The molecular weight excluding hydrogens is 236 g/mol. The average Bonchev–Trinajstić information content (AvgIpc) is 2.48. The van der Waals surface area contributed by atoms with E-state index in [1.165, 1.54) is 5.56 Å². The van der Waals surface area contributed by atoms with Gasteiger partial charge in [-0.2, -0.15) is 5.10 Å². The highest BCUT2D eigenvalue weighted by molar-refractivity contribution is 5.93. The molecule has 0 saturated carbocycles. The number of H-pyrrole nitrogens is 1. The molecule has 0 fully saturated rings. The minimum Gasteiger partial charge on any atom is -0.267 e. The molecule has 0 unspecified atom stereocenters. The number of fused-ring (bicyclic) bond motifs is 1. The summed E-state index contributed by atoms with van der Waals surface area (Å²) in [7, 11) is 0. The molecule has 0 saturated heterocycles. The van der Waals surface area contributed by atoms with Gasteiger partial charge < -0.3 is 0 Å². The van der Waals surface area contributed by atoms with Gasteiger partial charge in [0, 0.05) is 10.9 Å². The third kappa shape index (κ3) is 2.03. The highest BCUT2D eigenvalue weighted by Gasteiger charge is 2.08. The van der Waals surface area contributed by atoms with Crippen molar-refractivity contribution in [2.45, 2.75) is 13.3 Å². The van der Waals surface area contributed by atoms with E-state index >= 15 is 0 Å². The second-order valence-electron chi connectivity index (χ2n) is 4.50. The molecule has 0 aliphatic carbocycles. The second kappa shape index (κ2) is 4.69. The van der Waals surface area contributed by atoms with E-state index in [1.807, 2.05) is 36.4 Å². The van der Waals surface area contributed by atoms with Crippen molar-refractivity contribution in [3.63, 3.8) is 0 Å². The van der Waals surface area contributed by atoms with Crippen LogP contribution in [-0.4, -0.2) is 10.2 Å². The van der Waals surface area contributed by atoms with Crippen LogP contribution in [0.4, 0.5) is 0 Å². The third-order valence-corrected chi connectivity index (χ3v) is 3.30. The molecule has 1 aromatic heterocycles. The van der Waals surface area contributed by atoms with Gasteiger partial charge in [-0.25, -0.2) is 5.10 Å². The van der Waals surface area contributed by atoms with Crippen LogP contribution in [0.2, 0.25) is 0 Å². The van der Waals surface area contributed by atoms with E-state index in [-0.39, 0.29) is 5.56 Å². The molecule has 0 spiro atoms. The van der Waals surface area contributed by atoms with Gasteiger partial charge in [-0.15, -0.1) is 0 Å². The second-order valence-corrected chi connectivity index (χ2v) is 4.50. The largest absolute Gasteiger partial charge is 0.272 e. The number of rotatable bonds is 2. The molecule has 1 N–H and O–H groups in total. The van der Waals surface area contributed by atoms with Crippen LogP contribution < -0.4 is 5.56 Å². The number of hydrogen-bond acceptors (Lipinski definition) is 2. The smallest absolute Gasteiger partial charge is 0.267 e. The van der Waals surface area contributed by atoms with Crippen molar-refractivity contribution in [1.29, 1.82) is 0 Å².